The molecule has 0 fully saturated rings. The molecule has 2 atom stereocenters. The van der Waals surface area contributed by atoms with Gasteiger partial charge in [-0.15, -0.1) is 0 Å². The predicted octanol–water partition coefficient (Wildman–Crippen LogP) is -12.6. The monoisotopic (exact) mass is 497 g/mol. The van der Waals surface area contributed by atoms with Crippen LogP contribution in [-0.2, 0) is 24.0 Å². The van der Waals surface area contributed by atoms with E-state index in [1.807, 2.05) is 0 Å². The SMILES string of the molecule is O=C([O-])CN(CC(=O)O)C(CO)CN(CC(=O)O)CC(CO)N(CC(=O)[O-])CC(=O)O.[Na+].[Na+]. The minimum atomic E-state index is -1.64. The summed E-state index contributed by atoms with van der Waals surface area (Å²) in [5.74, 6) is -7.49. The molecule has 33 heavy (non-hydrogen) atoms. The number of aliphatic hydroxyl groups is 2. The van der Waals surface area contributed by atoms with Gasteiger partial charge in [0.2, 0.25) is 0 Å². The number of aliphatic hydroxyl groups excluding tert-OH is 2. The maximum Gasteiger partial charge on any atom is 1.00 e. The average Bonchev–Trinajstić information content (AvgIpc) is 2.60. The van der Waals surface area contributed by atoms with E-state index in [-0.39, 0.29) is 59.1 Å². The summed E-state index contributed by atoms with van der Waals surface area (Å²) in [6, 6.07) is -2.36. The molecular formula is C16H25N3Na2O12. The maximum atomic E-state index is 11.2. The summed E-state index contributed by atoms with van der Waals surface area (Å²) in [6.45, 7) is -6.41. The van der Waals surface area contributed by atoms with Crippen LogP contribution in [0.4, 0.5) is 0 Å². The fourth-order valence-corrected chi connectivity index (χ4v) is 2.88. The van der Waals surface area contributed by atoms with Crippen molar-refractivity contribution in [3.63, 3.8) is 0 Å². The second kappa shape index (κ2) is 19.5. The van der Waals surface area contributed by atoms with Crippen molar-refractivity contribution in [3.8, 4) is 0 Å². The summed E-state index contributed by atoms with van der Waals surface area (Å²) in [4.78, 5) is 57.7. The molecule has 0 aliphatic carbocycles. The van der Waals surface area contributed by atoms with Crippen LogP contribution in [0.15, 0.2) is 0 Å². The first-order valence-corrected chi connectivity index (χ1v) is 8.86. The first-order valence-electron chi connectivity index (χ1n) is 8.86. The Bertz CT molecular complexity index is 576. The standard InChI is InChI=1S/C16H27N3O12.2Na/c20-8-10(18(4-13(24)25)5-14(26)27)1-17(3-12(22)23)2-11(9-21)19(6-15(28)29)7-16(30)31;;/h10-11,20-21H,1-9H2,(H,22,23)(H,24,25)(H,26,27)(H,28,29)(H,30,31);;/q;2*+1/p-2. The number of carboxylic acid groups (broad SMARTS) is 5. The number of aliphatic carboxylic acids is 5. The summed E-state index contributed by atoms with van der Waals surface area (Å²) in [5, 5.41) is 68.0. The summed E-state index contributed by atoms with van der Waals surface area (Å²) < 4.78 is 0. The van der Waals surface area contributed by atoms with E-state index in [1.165, 1.54) is 0 Å². The molecule has 2 unspecified atom stereocenters. The fraction of sp³-hybridized carbons (Fsp3) is 0.688. The quantitative estimate of drug-likeness (QED) is 0.110. The van der Waals surface area contributed by atoms with Gasteiger partial charge in [0.1, 0.15) is 0 Å². The van der Waals surface area contributed by atoms with E-state index in [0.29, 0.717) is 0 Å². The molecule has 0 saturated carbocycles. The van der Waals surface area contributed by atoms with Gasteiger partial charge in [-0.2, -0.15) is 0 Å². The molecule has 5 N–H and O–H groups in total. The minimum Gasteiger partial charge on any atom is -0.549 e. The summed E-state index contributed by atoms with van der Waals surface area (Å²) in [5.41, 5.74) is 0. The average molecular weight is 497 g/mol. The van der Waals surface area contributed by atoms with Gasteiger partial charge in [0, 0.05) is 38.3 Å². The Morgan fingerprint density at radius 3 is 1.12 bits per heavy atom. The van der Waals surface area contributed by atoms with Gasteiger partial charge in [0.05, 0.1) is 44.8 Å². The van der Waals surface area contributed by atoms with E-state index in [9.17, 15) is 44.4 Å². The molecule has 0 radical (unpaired) electrons. The molecule has 15 nitrogen and oxygen atoms in total. The van der Waals surface area contributed by atoms with Crippen molar-refractivity contribution in [1.82, 2.24) is 14.7 Å². The van der Waals surface area contributed by atoms with Gasteiger partial charge in [-0.25, -0.2) is 0 Å². The number of carboxylic acids is 5. The molecule has 0 aliphatic heterocycles. The first-order chi connectivity index (χ1) is 14.4. The second-order valence-corrected chi connectivity index (χ2v) is 6.60. The van der Waals surface area contributed by atoms with E-state index in [2.05, 4.69) is 0 Å². The zero-order valence-electron chi connectivity index (χ0n) is 18.5. The Morgan fingerprint density at radius 2 is 0.909 bits per heavy atom. The fourth-order valence-electron chi connectivity index (χ4n) is 2.88. The van der Waals surface area contributed by atoms with Crippen molar-refractivity contribution >= 4 is 29.8 Å². The maximum absolute atomic E-state index is 11.2. The Labute approximate surface area is 233 Å². The van der Waals surface area contributed by atoms with Crippen molar-refractivity contribution in [1.29, 1.82) is 0 Å². The smallest absolute Gasteiger partial charge is 0.549 e. The van der Waals surface area contributed by atoms with Gasteiger partial charge in [0.15, 0.2) is 0 Å². The van der Waals surface area contributed by atoms with Crippen LogP contribution in [0.25, 0.3) is 0 Å². The van der Waals surface area contributed by atoms with E-state index < -0.39 is 101 Å². The number of hydrogen-bond acceptors (Lipinski definition) is 12. The van der Waals surface area contributed by atoms with Gasteiger partial charge >= 0.3 is 77.0 Å². The number of hydrogen-bond donors (Lipinski definition) is 5. The molecule has 0 aromatic rings. The van der Waals surface area contributed by atoms with Crippen LogP contribution < -0.4 is 69.3 Å². The Hall–Kier alpha value is -0.850. The molecule has 0 aromatic carbocycles. The van der Waals surface area contributed by atoms with Crippen LogP contribution in [0.1, 0.15) is 0 Å². The molecule has 0 rings (SSSR count). The topological polar surface area (TPSA) is 242 Å². The van der Waals surface area contributed by atoms with Crippen LogP contribution in [0.3, 0.4) is 0 Å². The van der Waals surface area contributed by atoms with Gasteiger partial charge in [-0.05, 0) is 0 Å². The van der Waals surface area contributed by atoms with Crippen LogP contribution >= 0.6 is 0 Å². The summed E-state index contributed by atoms with van der Waals surface area (Å²) >= 11 is 0. The van der Waals surface area contributed by atoms with Crippen molar-refractivity contribution < 1.29 is 119 Å². The minimum absolute atomic E-state index is 0. The Morgan fingerprint density at radius 1 is 0.606 bits per heavy atom. The molecule has 0 spiro atoms. The van der Waals surface area contributed by atoms with E-state index in [4.69, 9.17) is 15.3 Å². The van der Waals surface area contributed by atoms with Gasteiger partial charge in [0.25, 0.3) is 0 Å². The van der Waals surface area contributed by atoms with E-state index in [1.54, 1.807) is 0 Å². The van der Waals surface area contributed by atoms with E-state index >= 15 is 0 Å². The van der Waals surface area contributed by atoms with Crippen molar-refractivity contribution in [2.45, 2.75) is 12.1 Å². The summed E-state index contributed by atoms with van der Waals surface area (Å²) in [7, 11) is 0. The second-order valence-electron chi connectivity index (χ2n) is 6.60. The van der Waals surface area contributed by atoms with Gasteiger partial charge < -0.3 is 45.3 Å². The molecule has 0 amide bonds. The first kappa shape index (κ1) is 36.7. The molecule has 0 aliphatic rings. The van der Waals surface area contributed by atoms with Crippen molar-refractivity contribution in [2.75, 3.05) is 59.0 Å². The molecule has 178 valence electrons. The van der Waals surface area contributed by atoms with Crippen LogP contribution in [0, 0.1) is 0 Å². The number of rotatable bonds is 18. The molecule has 0 aromatic heterocycles. The third kappa shape index (κ3) is 17.3. The van der Waals surface area contributed by atoms with Crippen LogP contribution in [0.5, 0.6) is 0 Å². The van der Waals surface area contributed by atoms with Gasteiger partial charge in [-0.1, -0.05) is 0 Å². The number of nitrogens with zero attached hydrogens (tertiary/aromatic N) is 3. The third-order valence-corrected chi connectivity index (χ3v) is 4.09. The van der Waals surface area contributed by atoms with Gasteiger partial charge in [-0.3, -0.25) is 29.1 Å². The predicted molar refractivity (Wildman–Crippen MR) is 94.3 cm³/mol. The zero-order valence-corrected chi connectivity index (χ0v) is 22.5. The molecular weight excluding hydrogens is 472 g/mol. The molecule has 0 saturated heterocycles. The van der Waals surface area contributed by atoms with Crippen LogP contribution in [0.2, 0.25) is 0 Å². The third-order valence-electron chi connectivity index (χ3n) is 4.09. The summed E-state index contributed by atoms with van der Waals surface area (Å²) in [6.07, 6.45) is 0. The number of carbonyl (C=O) groups is 5. The normalized spacial score (nSPS) is 12.5. The molecule has 17 heteroatoms. The van der Waals surface area contributed by atoms with E-state index in [0.717, 1.165) is 14.7 Å². The molecule has 0 bridgehead atoms. The number of carbonyl (C=O) groups excluding carboxylic acids is 2. The molecule has 0 heterocycles. The van der Waals surface area contributed by atoms with Crippen molar-refractivity contribution in [3.05, 3.63) is 0 Å². The largest absolute Gasteiger partial charge is 1.00 e. The van der Waals surface area contributed by atoms with Crippen molar-refractivity contribution in [2.24, 2.45) is 0 Å². The Kier molecular flexibility index (Phi) is 21.6. The Balaban J connectivity index is -0.00000450. The zero-order chi connectivity index (χ0) is 24.1. The van der Waals surface area contributed by atoms with Crippen LogP contribution in [-0.4, -0.2) is 141 Å².